The van der Waals surface area contributed by atoms with E-state index in [-0.39, 0.29) is 30.5 Å². The molecule has 0 saturated carbocycles. The van der Waals surface area contributed by atoms with E-state index in [0.29, 0.717) is 35.3 Å². The predicted molar refractivity (Wildman–Crippen MR) is 92.1 cm³/mol. The normalized spacial score (nSPS) is 20.9. The zero-order chi connectivity index (χ0) is 15.6. The number of carbonyl (C=O) groups is 1. The topological polar surface area (TPSA) is 55.6 Å². The van der Waals surface area contributed by atoms with Gasteiger partial charge in [0.25, 0.3) is 5.91 Å². The minimum absolute atomic E-state index is 0. The molecular formula is C16H24Cl2N2O2. The molecule has 2 atom stereocenters. The van der Waals surface area contributed by atoms with Crippen molar-refractivity contribution in [2.45, 2.75) is 39.3 Å². The number of carbonyl (C=O) groups excluding carboxylic acids is 1. The van der Waals surface area contributed by atoms with Crippen molar-refractivity contribution < 1.29 is 9.53 Å². The quantitative estimate of drug-likeness (QED) is 0.909. The summed E-state index contributed by atoms with van der Waals surface area (Å²) in [4.78, 5) is 14.7. The third-order valence-electron chi connectivity index (χ3n) is 3.79. The standard InChI is InChI=1S/C16H23ClN2O2.ClH/c1-10(2)21-15-5-4-13(17)7-14(15)16(20)19-9-12(8-18)6-11(19)3;/h4-5,7,10-12H,6,8-9,18H2,1-3H3;1H. The summed E-state index contributed by atoms with van der Waals surface area (Å²) in [6.07, 6.45) is 0.953. The van der Waals surface area contributed by atoms with E-state index in [1.165, 1.54) is 0 Å². The number of nitrogens with zero attached hydrogens (tertiary/aromatic N) is 1. The van der Waals surface area contributed by atoms with Gasteiger partial charge in [0.2, 0.25) is 0 Å². The Labute approximate surface area is 143 Å². The summed E-state index contributed by atoms with van der Waals surface area (Å²) in [6, 6.07) is 5.38. The monoisotopic (exact) mass is 346 g/mol. The first-order valence-corrected chi connectivity index (χ1v) is 7.77. The summed E-state index contributed by atoms with van der Waals surface area (Å²) >= 11 is 6.05. The van der Waals surface area contributed by atoms with E-state index in [4.69, 9.17) is 22.1 Å². The minimum atomic E-state index is -0.0309. The second-order valence-corrected chi connectivity index (χ2v) is 6.39. The van der Waals surface area contributed by atoms with E-state index >= 15 is 0 Å². The Bertz CT molecular complexity index is 523. The van der Waals surface area contributed by atoms with Gasteiger partial charge in [-0.05, 0) is 57.9 Å². The number of likely N-dealkylation sites (tertiary alicyclic amines) is 1. The van der Waals surface area contributed by atoms with Crippen LogP contribution in [-0.4, -0.2) is 36.0 Å². The molecule has 1 aromatic carbocycles. The van der Waals surface area contributed by atoms with E-state index in [1.54, 1.807) is 18.2 Å². The number of nitrogens with two attached hydrogens (primary N) is 1. The lowest BCUT2D eigenvalue weighted by Crippen LogP contribution is -2.34. The number of hydrogen-bond acceptors (Lipinski definition) is 3. The molecule has 2 unspecified atom stereocenters. The molecule has 1 aliphatic heterocycles. The molecule has 1 amide bonds. The molecule has 0 radical (unpaired) electrons. The number of halogens is 2. The molecule has 0 aliphatic carbocycles. The average Bonchev–Trinajstić information content (AvgIpc) is 2.81. The van der Waals surface area contributed by atoms with Gasteiger partial charge in [0.1, 0.15) is 5.75 Å². The summed E-state index contributed by atoms with van der Waals surface area (Å²) in [5.41, 5.74) is 6.26. The van der Waals surface area contributed by atoms with E-state index in [9.17, 15) is 4.79 Å². The van der Waals surface area contributed by atoms with Gasteiger partial charge in [-0.1, -0.05) is 11.6 Å². The predicted octanol–water partition coefficient (Wildman–Crippen LogP) is 3.36. The van der Waals surface area contributed by atoms with Crippen LogP contribution in [0.4, 0.5) is 0 Å². The Morgan fingerprint density at radius 3 is 2.73 bits per heavy atom. The van der Waals surface area contributed by atoms with Gasteiger partial charge < -0.3 is 15.4 Å². The Hall–Kier alpha value is -0.970. The summed E-state index contributed by atoms with van der Waals surface area (Å²) < 4.78 is 5.74. The van der Waals surface area contributed by atoms with Gasteiger partial charge in [-0.25, -0.2) is 0 Å². The molecule has 1 heterocycles. The molecule has 1 saturated heterocycles. The number of amides is 1. The second kappa shape index (κ2) is 8.04. The third-order valence-corrected chi connectivity index (χ3v) is 4.03. The molecule has 1 fully saturated rings. The zero-order valence-electron chi connectivity index (χ0n) is 13.2. The fourth-order valence-electron chi connectivity index (χ4n) is 2.78. The van der Waals surface area contributed by atoms with Gasteiger partial charge in [0, 0.05) is 17.6 Å². The lowest BCUT2D eigenvalue weighted by molar-refractivity contribution is 0.0737. The summed E-state index contributed by atoms with van der Waals surface area (Å²) in [5, 5.41) is 0.539. The van der Waals surface area contributed by atoms with Crippen molar-refractivity contribution in [2.75, 3.05) is 13.1 Å². The molecule has 2 rings (SSSR count). The average molecular weight is 347 g/mol. The molecule has 0 bridgehead atoms. The Kier molecular flexibility index (Phi) is 6.98. The van der Waals surface area contributed by atoms with Crippen LogP contribution in [-0.2, 0) is 0 Å². The molecule has 1 aromatic rings. The van der Waals surface area contributed by atoms with Crippen LogP contribution >= 0.6 is 24.0 Å². The Morgan fingerprint density at radius 2 is 2.18 bits per heavy atom. The van der Waals surface area contributed by atoms with Crippen LogP contribution in [0.15, 0.2) is 18.2 Å². The number of hydrogen-bond donors (Lipinski definition) is 1. The van der Waals surface area contributed by atoms with Crippen molar-refractivity contribution in [3.05, 3.63) is 28.8 Å². The van der Waals surface area contributed by atoms with Crippen LogP contribution in [0, 0.1) is 5.92 Å². The first kappa shape index (κ1) is 19.1. The van der Waals surface area contributed by atoms with Gasteiger partial charge in [0.05, 0.1) is 11.7 Å². The van der Waals surface area contributed by atoms with Gasteiger partial charge in [0.15, 0.2) is 0 Å². The highest BCUT2D eigenvalue weighted by molar-refractivity contribution is 6.31. The fourth-order valence-corrected chi connectivity index (χ4v) is 2.95. The van der Waals surface area contributed by atoms with E-state index in [1.807, 2.05) is 18.7 Å². The fraction of sp³-hybridized carbons (Fsp3) is 0.562. The van der Waals surface area contributed by atoms with Crippen LogP contribution in [0.25, 0.3) is 0 Å². The van der Waals surface area contributed by atoms with Crippen molar-refractivity contribution in [1.29, 1.82) is 0 Å². The van der Waals surface area contributed by atoms with Crippen molar-refractivity contribution >= 4 is 29.9 Å². The van der Waals surface area contributed by atoms with Crippen molar-refractivity contribution in [2.24, 2.45) is 11.7 Å². The maximum Gasteiger partial charge on any atom is 0.257 e. The molecule has 2 N–H and O–H groups in total. The van der Waals surface area contributed by atoms with Crippen molar-refractivity contribution in [3.8, 4) is 5.75 Å². The molecular weight excluding hydrogens is 323 g/mol. The lowest BCUT2D eigenvalue weighted by atomic mass is 10.1. The number of ether oxygens (including phenoxy) is 1. The second-order valence-electron chi connectivity index (χ2n) is 5.95. The molecule has 0 spiro atoms. The summed E-state index contributed by atoms with van der Waals surface area (Å²) in [7, 11) is 0. The van der Waals surface area contributed by atoms with E-state index < -0.39 is 0 Å². The molecule has 0 aromatic heterocycles. The van der Waals surface area contributed by atoms with Crippen LogP contribution < -0.4 is 10.5 Å². The Morgan fingerprint density at radius 1 is 1.50 bits per heavy atom. The zero-order valence-corrected chi connectivity index (χ0v) is 14.8. The highest BCUT2D eigenvalue weighted by Crippen LogP contribution is 2.29. The lowest BCUT2D eigenvalue weighted by Gasteiger charge is -2.23. The van der Waals surface area contributed by atoms with Crippen molar-refractivity contribution in [1.82, 2.24) is 4.90 Å². The van der Waals surface area contributed by atoms with Gasteiger partial charge in [-0.2, -0.15) is 0 Å². The van der Waals surface area contributed by atoms with E-state index in [2.05, 4.69) is 6.92 Å². The summed E-state index contributed by atoms with van der Waals surface area (Å²) in [6.45, 7) is 7.24. The Balaban J connectivity index is 0.00000242. The molecule has 124 valence electrons. The molecule has 22 heavy (non-hydrogen) atoms. The minimum Gasteiger partial charge on any atom is -0.490 e. The SMILES string of the molecule is CC(C)Oc1ccc(Cl)cc1C(=O)N1CC(CN)CC1C.Cl. The largest absolute Gasteiger partial charge is 0.490 e. The van der Waals surface area contributed by atoms with Crippen LogP contribution in [0.3, 0.4) is 0 Å². The highest BCUT2D eigenvalue weighted by atomic mass is 35.5. The summed E-state index contributed by atoms with van der Waals surface area (Å²) in [5.74, 6) is 0.928. The first-order valence-electron chi connectivity index (χ1n) is 7.39. The van der Waals surface area contributed by atoms with Crippen molar-refractivity contribution in [3.63, 3.8) is 0 Å². The first-order chi connectivity index (χ1) is 9.92. The van der Waals surface area contributed by atoms with Crippen LogP contribution in [0.2, 0.25) is 5.02 Å². The van der Waals surface area contributed by atoms with Gasteiger partial charge in [-0.3, -0.25) is 4.79 Å². The maximum atomic E-state index is 12.8. The molecule has 4 nitrogen and oxygen atoms in total. The third kappa shape index (κ3) is 4.28. The molecule has 6 heteroatoms. The van der Waals surface area contributed by atoms with Gasteiger partial charge >= 0.3 is 0 Å². The number of benzene rings is 1. The van der Waals surface area contributed by atoms with E-state index in [0.717, 1.165) is 6.42 Å². The van der Waals surface area contributed by atoms with Gasteiger partial charge in [-0.15, -0.1) is 12.4 Å². The van der Waals surface area contributed by atoms with Crippen LogP contribution in [0.5, 0.6) is 5.75 Å². The smallest absolute Gasteiger partial charge is 0.257 e. The number of rotatable bonds is 4. The highest BCUT2D eigenvalue weighted by Gasteiger charge is 2.33. The maximum absolute atomic E-state index is 12.8. The molecule has 1 aliphatic rings. The van der Waals surface area contributed by atoms with Crippen LogP contribution in [0.1, 0.15) is 37.6 Å².